The van der Waals surface area contributed by atoms with E-state index in [-0.39, 0.29) is 22.2 Å². The molecule has 1 saturated heterocycles. The topological polar surface area (TPSA) is 110 Å². The molecule has 6 rings (SSSR count). The molecule has 1 aliphatic heterocycles. The van der Waals surface area contributed by atoms with Gasteiger partial charge in [0.2, 0.25) is 5.13 Å². The number of ether oxygens (including phenoxy) is 1. The summed E-state index contributed by atoms with van der Waals surface area (Å²) in [5, 5.41) is 20.8. The van der Waals surface area contributed by atoms with Crippen molar-refractivity contribution in [3.05, 3.63) is 106 Å². The minimum atomic E-state index is -0.943. The molecule has 4 heterocycles. The number of aliphatic hydroxyl groups is 1. The van der Waals surface area contributed by atoms with Crippen LogP contribution >= 0.6 is 23.1 Å². The van der Waals surface area contributed by atoms with Crippen LogP contribution in [0.4, 0.5) is 5.13 Å². The molecule has 1 amide bonds. The summed E-state index contributed by atoms with van der Waals surface area (Å²) in [5.74, 6) is -0.535. The molecule has 0 aliphatic carbocycles. The summed E-state index contributed by atoms with van der Waals surface area (Å²) in [6, 6.07) is 18.5. The van der Waals surface area contributed by atoms with Gasteiger partial charge in [-0.2, -0.15) is 0 Å². The number of anilines is 1. The maximum atomic E-state index is 13.8. The average Bonchev–Trinajstić information content (AvgIpc) is 3.75. The summed E-state index contributed by atoms with van der Waals surface area (Å²) in [6.07, 6.45) is 6.26. The zero-order valence-electron chi connectivity index (χ0n) is 26.9. The number of Topliss-reactive ketones (excluding diaryl/α,β-unsaturated/α-hetero) is 1. The molecule has 1 atom stereocenters. The minimum Gasteiger partial charge on any atom is -0.505 e. The number of carbonyl (C=O) groups excluding carboxylic acids is 2. The van der Waals surface area contributed by atoms with Gasteiger partial charge < -0.3 is 14.2 Å². The van der Waals surface area contributed by atoms with Crippen LogP contribution in [-0.4, -0.2) is 43.0 Å². The molecule has 3 aromatic heterocycles. The average molecular weight is 668 g/mol. The van der Waals surface area contributed by atoms with Crippen LogP contribution < -0.4 is 9.64 Å². The first kappa shape index (κ1) is 32.5. The Bertz CT molecular complexity index is 1950. The fourth-order valence-electron chi connectivity index (χ4n) is 5.67. The number of hydrogen-bond acceptors (Lipinski definition) is 9. The monoisotopic (exact) mass is 667 g/mol. The quantitative estimate of drug-likeness (QED) is 0.0356. The molecule has 1 unspecified atom stereocenters. The van der Waals surface area contributed by atoms with Gasteiger partial charge in [0.05, 0.1) is 23.9 Å². The van der Waals surface area contributed by atoms with E-state index in [4.69, 9.17) is 9.72 Å². The van der Waals surface area contributed by atoms with Gasteiger partial charge in [-0.1, -0.05) is 97.3 Å². The highest BCUT2D eigenvalue weighted by atomic mass is 32.2. The number of aromatic nitrogens is 4. The number of fused-ring (bicyclic) bond motifs is 1. The summed E-state index contributed by atoms with van der Waals surface area (Å²) < 4.78 is 8.49. The van der Waals surface area contributed by atoms with Gasteiger partial charge >= 0.3 is 5.91 Å². The summed E-state index contributed by atoms with van der Waals surface area (Å²) in [4.78, 5) is 33.6. The number of ketones is 1. The standard InChI is InChI=1S/C36H37N5O4S2/c1-5-6-7-8-20-45-27-17-15-26(16-18-27)30-28(31(42)29-24(4)40-19-9-10-23(3)33(40)37-29)32(43)34(44)41(30)35-38-39-36(47-35)46-21-25-13-11-22(2)12-14-25/h9-19,30,42H,5-8,20-21H2,1-4H3. The highest BCUT2D eigenvalue weighted by Crippen LogP contribution is 2.44. The maximum absolute atomic E-state index is 13.8. The third-order valence-electron chi connectivity index (χ3n) is 8.30. The number of amides is 1. The molecule has 0 saturated carbocycles. The number of aliphatic hydroxyl groups excluding tert-OH is 1. The van der Waals surface area contributed by atoms with Gasteiger partial charge in [-0.05, 0) is 62.1 Å². The van der Waals surface area contributed by atoms with Crippen molar-refractivity contribution in [1.29, 1.82) is 0 Å². The number of carbonyl (C=O) groups is 2. The van der Waals surface area contributed by atoms with E-state index in [1.165, 1.54) is 40.0 Å². The van der Waals surface area contributed by atoms with E-state index < -0.39 is 17.7 Å². The minimum absolute atomic E-state index is 0.0450. The Morgan fingerprint density at radius 2 is 1.74 bits per heavy atom. The summed E-state index contributed by atoms with van der Waals surface area (Å²) >= 11 is 2.75. The highest BCUT2D eigenvalue weighted by molar-refractivity contribution is 8.00. The first-order valence-electron chi connectivity index (χ1n) is 15.8. The third-order valence-corrected chi connectivity index (χ3v) is 10.4. The van der Waals surface area contributed by atoms with Crippen LogP contribution in [-0.2, 0) is 15.3 Å². The van der Waals surface area contributed by atoms with Crippen LogP contribution in [0, 0.1) is 20.8 Å². The number of benzene rings is 2. The van der Waals surface area contributed by atoms with Crippen LogP contribution in [0.5, 0.6) is 5.75 Å². The van der Waals surface area contributed by atoms with Crippen molar-refractivity contribution in [1.82, 2.24) is 19.6 Å². The van der Waals surface area contributed by atoms with Crippen LogP contribution in [0.3, 0.4) is 0 Å². The van der Waals surface area contributed by atoms with Crippen molar-refractivity contribution in [3.8, 4) is 5.75 Å². The Kier molecular flexibility index (Phi) is 9.74. The number of unbranched alkanes of at least 4 members (excludes halogenated alkanes) is 3. The number of aryl methyl sites for hydroxylation is 3. The second kappa shape index (κ2) is 14.1. The Hall–Kier alpha value is -4.48. The summed E-state index contributed by atoms with van der Waals surface area (Å²) in [7, 11) is 0. The SMILES string of the molecule is CCCCCCOc1ccc(C2C(=C(O)c3nc4c(C)cccn4c3C)C(=O)C(=O)N2c2nnc(SCc3ccc(C)cc3)s2)cc1. The van der Waals surface area contributed by atoms with E-state index in [0.29, 0.717) is 39.4 Å². The lowest BCUT2D eigenvalue weighted by atomic mass is 9.96. The Balaban J connectivity index is 1.37. The zero-order chi connectivity index (χ0) is 33.1. The Morgan fingerprint density at radius 1 is 0.979 bits per heavy atom. The van der Waals surface area contributed by atoms with E-state index >= 15 is 0 Å². The van der Waals surface area contributed by atoms with Gasteiger partial charge in [0.25, 0.3) is 5.78 Å². The largest absolute Gasteiger partial charge is 0.505 e. The molecule has 0 radical (unpaired) electrons. The predicted octanol–water partition coefficient (Wildman–Crippen LogP) is 7.99. The van der Waals surface area contributed by atoms with Crippen LogP contribution in [0.25, 0.3) is 11.4 Å². The van der Waals surface area contributed by atoms with Gasteiger partial charge in [0.15, 0.2) is 10.1 Å². The van der Waals surface area contributed by atoms with E-state index in [9.17, 15) is 14.7 Å². The number of thioether (sulfide) groups is 1. The van der Waals surface area contributed by atoms with Crippen molar-refractivity contribution in [2.24, 2.45) is 0 Å². The summed E-state index contributed by atoms with van der Waals surface area (Å²) in [6.45, 7) is 8.59. The number of nitrogens with zero attached hydrogens (tertiary/aromatic N) is 5. The van der Waals surface area contributed by atoms with Crippen molar-refractivity contribution in [2.45, 2.75) is 69.5 Å². The van der Waals surface area contributed by atoms with Crippen molar-refractivity contribution < 1.29 is 19.4 Å². The van der Waals surface area contributed by atoms with Gasteiger partial charge in [0, 0.05) is 11.9 Å². The second-order valence-electron chi connectivity index (χ2n) is 11.7. The molecule has 0 bridgehead atoms. The summed E-state index contributed by atoms with van der Waals surface area (Å²) in [5.41, 5.74) is 5.40. The van der Waals surface area contributed by atoms with Crippen LogP contribution in [0.1, 0.15) is 72.3 Å². The van der Waals surface area contributed by atoms with Crippen molar-refractivity contribution in [3.63, 3.8) is 0 Å². The zero-order valence-corrected chi connectivity index (χ0v) is 28.5. The number of imidazole rings is 1. The molecule has 1 fully saturated rings. The first-order valence-corrected chi connectivity index (χ1v) is 17.6. The van der Waals surface area contributed by atoms with E-state index in [1.54, 1.807) is 0 Å². The molecule has 2 aromatic carbocycles. The molecule has 11 heteroatoms. The van der Waals surface area contributed by atoms with E-state index in [0.717, 1.165) is 30.4 Å². The first-order chi connectivity index (χ1) is 22.8. The lowest BCUT2D eigenvalue weighted by Gasteiger charge is -2.22. The molecular formula is C36H37N5O4S2. The van der Waals surface area contributed by atoms with Gasteiger partial charge in [-0.25, -0.2) is 4.98 Å². The Morgan fingerprint density at radius 3 is 2.47 bits per heavy atom. The molecule has 5 aromatic rings. The van der Waals surface area contributed by atoms with Crippen molar-refractivity contribution >= 4 is 51.3 Å². The molecule has 1 N–H and O–H groups in total. The van der Waals surface area contributed by atoms with Gasteiger partial charge in [-0.3, -0.25) is 14.5 Å². The molecule has 242 valence electrons. The highest BCUT2D eigenvalue weighted by Gasteiger charge is 2.49. The number of hydrogen-bond donors (Lipinski definition) is 1. The van der Waals surface area contributed by atoms with E-state index in [1.807, 2.05) is 67.8 Å². The van der Waals surface area contributed by atoms with Gasteiger partial charge in [0.1, 0.15) is 17.1 Å². The molecule has 47 heavy (non-hydrogen) atoms. The predicted molar refractivity (Wildman–Crippen MR) is 186 cm³/mol. The number of pyridine rings is 1. The van der Waals surface area contributed by atoms with Crippen LogP contribution in [0.2, 0.25) is 0 Å². The fraction of sp³-hybridized carbons (Fsp3) is 0.306. The second-order valence-corrected chi connectivity index (χ2v) is 13.9. The molecule has 0 spiro atoms. The molecule has 9 nitrogen and oxygen atoms in total. The van der Waals surface area contributed by atoms with Crippen LogP contribution in [0.15, 0.2) is 76.8 Å². The number of rotatable bonds is 12. The third kappa shape index (κ3) is 6.68. The van der Waals surface area contributed by atoms with Crippen molar-refractivity contribution in [2.75, 3.05) is 11.5 Å². The lowest BCUT2D eigenvalue weighted by molar-refractivity contribution is -0.132. The Labute approximate surface area is 282 Å². The molecule has 1 aliphatic rings. The van der Waals surface area contributed by atoms with Gasteiger partial charge in [-0.15, -0.1) is 10.2 Å². The smallest absolute Gasteiger partial charge is 0.301 e. The van der Waals surface area contributed by atoms with E-state index in [2.05, 4.69) is 41.4 Å². The maximum Gasteiger partial charge on any atom is 0.301 e. The molecular weight excluding hydrogens is 631 g/mol. The lowest BCUT2D eigenvalue weighted by Crippen LogP contribution is -2.29. The normalized spacial score (nSPS) is 16.0. The fourth-order valence-corrected chi connectivity index (χ4v) is 7.50.